The van der Waals surface area contributed by atoms with Crippen molar-refractivity contribution < 1.29 is 9.59 Å². The molecule has 1 N–H and O–H groups in total. The van der Waals surface area contributed by atoms with Crippen LogP contribution in [0.15, 0.2) is 54.6 Å². The highest BCUT2D eigenvalue weighted by Crippen LogP contribution is 2.14. The number of amides is 1. The van der Waals surface area contributed by atoms with E-state index in [9.17, 15) is 9.59 Å². The lowest BCUT2D eigenvalue weighted by atomic mass is 10.1. The van der Waals surface area contributed by atoms with E-state index in [2.05, 4.69) is 5.32 Å². The van der Waals surface area contributed by atoms with Gasteiger partial charge in [-0.2, -0.15) is 0 Å². The van der Waals surface area contributed by atoms with Crippen LogP contribution in [0, 0.1) is 0 Å². The molecule has 0 fully saturated rings. The third-order valence-corrected chi connectivity index (χ3v) is 2.98. The summed E-state index contributed by atoms with van der Waals surface area (Å²) in [5.41, 5.74) is 1.97. The molecule has 0 atom stereocenters. The van der Waals surface area contributed by atoms with E-state index in [4.69, 9.17) is 11.6 Å². The summed E-state index contributed by atoms with van der Waals surface area (Å²) in [6.45, 7) is 1.42. The normalized spacial score (nSPS) is 10.6. The van der Waals surface area contributed by atoms with Crippen LogP contribution in [0.2, 0.25) is 5.02 Å². The first-order valence-corrected chi connectivity index (χ1v) is 6.78. The predicted molar refractivity (Wildman–Crippen MR) is 85.6 cm³/mol. The highest BCUT2D eigenvalue weighted by molar-refractivity contribution is 6.30. The molecule has 2 rings (SSSR count). The second-order valence-corrected chi connectivity index (χ2v) is 4.95. The maximum atomic E-state index is 12.1. The number of ketones is 1. The first-order chi connectivity index (χ1) is 10.0. The fourth-order valence-corrected chi connectivity index (χ4v) is 2.03. The van der Waals surface area contributed by atoms with Gasteiger partial charge in [-0.05, 0) is 35.9 Å². The number of benzene rings is 2. The zero-order valence-electron chi connectivity index (χ0n) is 11.5. The van der Waals surface area contributed by atoms with E-state index in [0.29, 0.717) is 16.3 Å². The standard InChI is InChI=1S/C17H14ClNO2/c1-12(20)19-16-7-3-5-14(11-16)17(21)9-8-13-4-2-6-15(18)10-13/h2-11H,1H3,(H,19,20). The van der Waals surface area contributed by atoms with Crippen molar-refractivity contribution in [2.24, 2.45) is 0 Å². The topological polar surface area (TPSA) is 46.2 Å². The van der Waals surface area contributed by atoms with Crippen molar-refractivity contribution in [3.63, 3.8) is 0 Å². The van der Waals surface area contributed by atoms with Gasteiger partial charge in [0, 0.05) is 23.2 Å². The Balaban J connectivity index is 2.15. The second-order valence-electron chi connectivity index (χ2n) is 4.51. The lowest BCUT2D eigenvalue weighted by molar-refractivity contribution is -0.114. The number of halogens is 1. The Bertz CT molecular complexity index is 707. The van der Waals surface area contributed by atoms with Gasteiger partial charge in [-0.3, -0.25) is 9.59 Å². The minimum Gasteiger partial charge on any atom is -0.326 e. The van der Waals surface area contributed by atoms with Crippen molar-refractivity contribution >= 4 is 35.1 Å². The van der Waals surface area contributed by atoms with Gasteiger partial charge in [0.05, 0.1) is 0 Å². The Morgan fingerprint density at radius 3 is 2.57 bits per heavy atom. The highest BCUT2D eigenvalue weighted by Gasteiger charge is 2.03. The molecule has 0 heterocycles. The van der Waals surface area contributed by atoms with E-state index in [1.165, 1.54) is 13.0 Å². The molecule has 3 nitrogen and oxygen atoms in total. The molecule has 0 aliphatic heterocycles. The number of carbonyl (C=O) groups is 2. The molecule has 0 saturated heterocycles. The fourth-order valence-electron chi connectivity index (χ4n) is 1.83. The first kappa shape index (κ1) is 15.0. The van der Waals surface area contributed by atoms with Crippen molar-refractivity contribution in [1.82, 2.24) is 0 Å². The number of hydrogen-bond acceptors (Lipinski definition) is 2. The maximum Gasteiger partial charge on any atom is 0.221 e. The Hall–Kier alpha value is -2.39. The van der Waals surface area contributed by atoms with Crippen LogP contribution in [0.1, 0.15) is 22.8 Å². The van der Waals surface area contributed by atoms with Crippen molar-refractivity contribution in [3.05, 3.63) is 70.8 Å². The third-order valence-electron chi connectivity index (χ3n) is 2.74. The largest absolute Gasteiger partial charge is 0.326 e. The molecule has 0 saturated carbocycles. The number of allylic oxidation sites excluding steroid dienone is 1. The van der Waals surface area contributed by atoms with Gasteiger partial charge in [0.2, 0.25) is 5.91 Å². The van der Waals surface area contributed by atoms with Crippen LogP contribution >= 0.6 is 11.6 Å². The molecule has 2 aromatic rings. The molecule has 0 bridgehead atoms. The summed E-state index contributed by atoms with van der Waals surface area (Å²) >= 11 is 5.89. The molecule has 0 aromatic heterocycles. The van der Waals surface area contributed by atoms with Gasteiger partial charge in [-0.15, -0.1) is 0 Å². The third kappa shape index (κ3) is 4.58. The van der Waals surface area contributed by atoms with Crippen molar-refractivity contribution in [2.75, 3.05) is 5.32 Å². The molecule has 0 unspecified atom stereocenters. The van der Waals surface area contributed by atoms with Crippen LogP contribution in [0.5, 0.6) is 0 Å². The van der Waals surface area contributed by atoms with Crippen molar-refractivity contribution in [2.45, 2.75) is 6.92 Å². The molecule has 106 valence electrons. The summed E-state index contributed by atoms with van der Waals surface area (Å²) in [4.78, 5) is 23.1. The molecule has 2 aromatic carbocycles. The number of rotatable bonds is 4. The molecular formula is C17H14ClNO2. The highest BCUT2D eigenvalue weighted by atomic mass is 35.5. The molecular weight excluding hydrogens is 286 g/mol. The SMILES string of the molecule is CC(=O)Nc1cccc(C(=O)C=Cc2cccc(Cl)c2)c1. The maximum absolute atomic E-state index is 12.1. The van der Waals surface area contributed by atoms with Crippen LogP contribution in [0.3, 0.4) is 0 Å². The van der Waals surface area contributed by atoms with Gasteiger partial charge in [0.1, 0.15) is 0 Å². The molecule has 1 amide bonds. The Labute approximate surface area is 128 Å². The summed E-state index contributed by atoms with van der Waals surface area (Å²) in [5, 5.41) is 3.27. The monoisotopic (exact) mass is 299 g/mol. The number of hydrogen-bond donors (Lipinski definition) is 1. The number of anilines is 1. The molecule has 0 radical (unpaired) electrons. The van der Waals surface area contributed by atoms with E-state index in [1.807, 2.05) is 12.1 Å². The molecule has 21 heavy (non-hydrogen) atoms. The summed E-state index contributed by atoms with van der Waals surface area (Å²) in [6, 6.07) is 14.1. The Morgan fingerprint density at radius 2 is 1.86 bits per heavy atom. The van der Waals surface area contributed by atoms with Gasteiger partial charge in [0.15, 0.2) is 5.78 Å². The lowest BCUT2D eigenvalue weighted by Gasteiger charge is -2.03. The minimum atomic E-state index is -0.172. The fraction of sp³-hybridized carbons (Fsp3) is 0.0588. The van der Waals surface area contributed by atoms with Crippen molar-refractivity contribution in [3.8, 4) is 0 Å². The first-order valence-electron chi connectivity index (χ1n) is 6.40. The molecule has 0 aliphatic rings. The van der Waals surface area contributed by atoms with Gasteiger partial charge < -0.3 is 5.32 Å². The smallest absolute Gasteiger partial charge is 0.221 e. The van der Waals surface area contributed by atoms with Crippen LogP contribution in [0.25, 0.3) is 6.08 Å². The summed E-state index contributed by atoms with van der Waals surface area (Å²) < 4.78 is 0. The van der Waals surface area contributed by atoms with E-state index < -0.39 is 0 Å². The second kappa shape index (κ2) is 6.86. The lowest BCUT2D eigenvalue weighted by Crippen LogP contribution is -2.06. The molecule has 0 spiro atoms. The molecule has 0 aliphatic carbocycles. The zero-order chi connectivity index (χ0) is 15.2. The van der Waals surface area contributed by atoms with Crippen LogP contribution in [-0.4, -0.2) is 11.7 Å². The van der Waals surface area contributed by atoms with E-state index in [0.717, 1.165) is 5.56 Å². The van der Waals surface area contributed by atoms with E-state index in [-0.39, 0.29) is 11.7 Å². The average molecular weight is 300 g/mol. The summed E-state index contributed by atoms with van der Waals surface area (Å²) in [6.07, 6.45) is 3.19. The van der Waals surface area contributed by atoms with Crippen LogP contribution < -0.4 is 5.32 Å². The average Bonchev–Trinajstić information content (AvgIpc) is 2.44. The van der Waals surface area contributed by atoms with E-state index >= 15 is 0 Å². The van der Waals surface area contributed by atoms with Gasteiger partial charge in [-0.1, -0.05) is 41.9 Å². The van der Waals surface area contributed by atoms with Gasteiger partial charge in [0.25, 0.3) is 0 Å². The Kier molecular flexibility index (Phi) is 4.90. The number of nitrogens with one attached hydrogen (secondary N) is 1. The quantitative estimate of drug-likeness (QED) is 0.679. The van der Waals surface area contributed by atoms with Gasteiger partial charge >= 0.3 is 0 Å². The predicted octanol–water partition coefficient (Wildman–Crippen LogP) is 4.19. The van der Waals surface area contributed by atoms with E-state index in [1.54, 1.807) is 42.5 Å². The molecule has 4 heteroatoms. The Morgan fingerprint density at radius 1 is 1.10 bits per heavy atom. The summed E-state index contributed by atoms with van der Waals surface area (Å²) in [7, 11) is 0. The van der Waals surface area contributed by atoms with Gasteiger partial charge in [-0.25, -0.2) is 0 Å². The number of carbonyl (C=O) groups excluding carboxylic acids is 2. The summed E-state index contributed by atoms with van der Waals surface area (Å²) in [5.74, 6) is -0.309. The van der Waals surface area contributed by atoms with Crippen LogP contribution in [-0.2, 0) is 4.79 Å². The minimum absolute atomic E-state index is 0.137. The van der Waals surface area contributed by atoms with Crippen molar-refractivity contribution in [1.29, 1.82) is 0 Å². The van der Waals surface area contributed by atoms with Crippen LogP contribution in [0.4, 0.5) is 5.69 Å². The zero-order valence-corrected chi connectivity index (χ0v) is 12.2.